The molecule has 27 heavy (non-hydrogen) atoms. The lowest BCUT2D eigenvalue weighted by Gasteiger charge is -2.10. The third-order valence-electron chi connectivity index (χ3n) is 3.95. The van der Waals surface area contributed by atoms with Crippen LogP contribution < -0.4 is 10.6 Å². The summed E-state index contributed by atoms with van der Waals surface area (Å²) in [6.07, 6.45) is 1.55. The van der Waals surface area contributed by atoms with Gasteiger partial charge in [0.05, 0.1) is 18.9 Å². The molecule has 0 unspecified atom stereocenters. The van der Waals surface area contributed by atoms with E-state index in [0.29, 0.717) is 28.9 Å². The molecule has 0 amide bonds. The first-order valence-corrected chi connectivity index (χ1v) is 8.57. The Morgan fingerprint density at radius 3 is 2.52 bits per heavy atom. The van der Waals surface area contributed by atoms with E-state index in [2.05, 4.69) is 51.8 Å². The van der Waals surface area contributed by atoms with Gasteiger partial charge in [0.25, 0.3) is 0 Å². The number of rotatable bonds is 6. The van der Waals surface area contributed by atoms with E-state index < -0.39 is 5.97 Å². The van der Waals surface area contributed by atoms with Gasteiger partial charge in [-0.1, -0.05) is 32.0 Å². The molecule has 1 heterocycles. The van der Waals surface area contributed by atoms with Crippen LogP contribution in [0.5, 0.6) is 0 Å². The Hall–Kier alpha value is -3.48. The van der Waals surface area contributed by atoms with Gasteiger partial charge < -0.3 is 15.4 Å². The van der Waals surface area contributed by atoms with Gasteiger partial charge >= 0.3 is 5.97 Å². The molecule has 0 saturated carbocycles. The predicted molar refractivity (Wildman–Crippen MR) is 105 cm³/mol. The second-order valence-electron chi connectivity index (χ2n) is 6.26. The van der Waals surface area contributed by atoms with E-state index in [1.807, 2.05) is 12.1 Å². The minimum atomic E-state index is -0.405. The number of hydrogen-bond donors (Lipinski definition) is 2. The second-order valence-corrected chi connectivity index (χ2v) is 6.26. The Bertz CT molecular complexity index is 926. The summed E-state index contributed by atoms with van der Waals surface area (Å²) in [5, 5.41) is 14.2. The molecule has 0 bridgehead atoms. The molecule has 0 spiro atoms. The molecule has 3 rings (SSSR count). The van der Waals surface area contributed by atoms with Crippen molar-refractivity contribution in [2.24, 2.45) is 0 Å². The van der Waals surface area contributed by atoms with Crippen LogP contribution in [0.25, 0.3) is 0 Å². The average Bonchev–Trinajstić information content (AvgIpc) is 2.68. The molecule has 0 saturated heterocycles. The fourth-order valence-electron chi connectivity index (χ4n) is 2.49. The second kappa shape index (κ2) is 8.27. The molecular formula is C20H21N5O2. The Morgan fingerprint density at radius 2 is 1.81 bits per heavy atom. The first-order valence-electron chi connectivity index (χ1n) is 8.57. The summed E-state index contributed by atoms with van der Waals surface area (Å²) < 4.78 is 4.73. The highest BCUT2D eigenvalue weighted by molar-refractivity contribution is 5.90. The molecule has 7 heteroatoms. The normalized spacial score (nSPS) is 10.5. The Labute approximate surface area is 157 Å². The van der Waals surface area contributed by atoms with Gasteiger partial charge in [0.1, 0.15) is 0 Å². The van der Waals surface area contributed by atoms with Gasteiger partial charge in [-0.3, -0.25) is 0 Å². The maximum atomic E-state index is 11.6. The number of nitrogens with one attached hydrogen (secondary N) is 2. The first kappa shape index (κ1) is 18.3. The van der Waals surface area contributed by atoms with E-state index in [-0.39, 0.29) is 0 Å². The Morgan fingerprint density at radius 1 is 1.04 bits per heavy atom. The van der Waals surface area contributed by atoms with E-state index in [1.54, 1.807) is 30.5 Å². The number of aromatic nitrogens is 3. The van der Waals surface area contributed by atoms with Crippen molar-refractivity contribution in [3.8, 4) is 0 Å². The molecule has 2 N–H and O–H groups in total. The molecule has 0 aliphatic carbocycles. The summed E-state index contributed by atoms with van der Waals surface area (Å²) in [6.45, 7) is 4.31. The average molecular weight is 363 g/mol. The number of methoxy groups -OCH3 is 1. The molecule has 2 aromatic carbocycles. The van der Waals surface area contributed by atoms with Crippen molar-refractivity contribution in [3.05, 3.63) is 65.9 Å². The molecule has 0 fully saturated rings. The van der Waals surface area contributed by atoms with Crippen LogP contribution in [0.1, 0.15) is 35.7 Å². The summed E-state index contributed by atoms with van der Waals surface area (Å²) in [5.41, 5.74) is 3.29. The van der Waals surface area contributed by atoms with Gasteiger partial charge in [0.15, 0.2) is 5.82 Å². The Balaban J connectivity index is 1.73. The van der Waals surface area contributed by atoms with Crippen LogP contribution in [0.3, 0.4) is 0 Å². The topological polar surface area (TPSA) is 89.0 Å². The van der Waals surface area contributed by atoms with Crippen LogP contribution in [-0.4, -0.2) is 28.3 Å². The predicted octanol–water partition coefficient (Wildman–Crippen LogP) is 4.27. The fraction of sp³-hybridized carbons (Fsp3) is 0.200. The smallest absolute Gasteiger partial charge is 0.337 e. The van der Waals surface area contributed by atoms with E-state index >= 15 is 0 Å². The van der Waals surface area contributed by atoms with Crippen molar-refractivity contribution in [2.75, 3.05) is 17.7 Å². The zero-order valence-electron chi connectivity index (χ0n) is 15.4. The molecule has 0 aliphatic heterocycles. The van der Waals surface area contributed by atoms with Gasteiger partial charge in [-0.05, 0) is 41.8 Å². The van der Waals surface area contributed by atoms with Crippen molar-refractivity contribution >= 4 is 29.1 Å². The van der Waals surface area contributed by atoms with Crippen LogP contribution in [0.2, 0.25) is 0 Å². The number of carbonyl (C=O) groups excluding carboxylic acids is 1. The number of nitrogens with zero attached hydrogens (tertiary/aromatic N) is 3. The molecule has 0 atom stereocenters. The monoisotopic (exact) mass is 363 g/mol. The van der Waals surface area contributed by atoms with Crippen LogP contribution in [0, 0.1) is 0 Å². The van der Waals surface area contributed by atoms with Gasteiger partial charge in [-0.15, -0.1) is 5.10 Å². The lowest BCUT2D eigenvalue weighted by atomic mass is 10.0. The number of benzene rings is 2. The maximum Gasteiger partial charge on any atom is 0.337 e. The summed E-state index contributed by atoms with van der Waals surface area (Å²) in [7, 11) is 1.35. The van der Waals surface area contributed by atoms with Gasteiger partial charge in [0, 0.05) is 11.4 Å². The summed E-state index contributed by atoms with van der Waals surface area (Å²) in [6, 6.07) is 15.1. The first-order chi connectivity index (χ1) is 13.0. The van der Waals surface area contributed by atoms with E-state index in [4.69, 9.17) is 4.74 Å². The maximum absolute atomic E-state index is 11.6. The van der Waals surface area contributed by atoms with Crippen molar-refractivity contribution in [1.29, 1.82) is 0 Å². The van der Waals surface area contributed by atoms with Gasteiger partial charge in [-0.25, -0.2) is 4.79 Å². The number of esters is 1. The molecular weight excluding hydrogens is 342 g/mol. The summed E-state index contributed by atoms with van der Waals surface area (Å²) in [4.78, 5) is 16.0. The van der Waals surface area contributed by atoms with E-state index in [1.165, 1.54) is 12.7 Å². The van der Waals surface area contributed by atoms with E-state index in [0.717, 1.165) is 5.69 Å². The third kappa shape index (κ3) is 4.78. The summed E-state index contributed by atoms with van der Waals surface area (Å²) in [5.74, 6) is 0.962. The van der Waals surface area contributed by atoms with E-state index in [9.17, 15) is 4.79 Å². The molecule has 0 aliphatic rings. The lowest BCUT2D eigenvalue weighted by molar-refractivity contribution is 0.0601. The highest BCUT2D eigenvalue weighted by Crippen LogP contribution is 2.20. The quantitative estimate of drug-likeness (QED) is 0.632. The number of ether oxygens (including phenoxy) is 1. The summed E-state index contributed by atoms with van der Waals surface area (Å²) >= 11 is 0. The van der Waals surface area contributed by atoms with Crippen LogP contribution in [-0.2, 0) is 4.74 Å². The highest BCUT2D eigenvalue weighted by atomic mass is 16.5. The van der Waals surface area contributed by atoms with Crippen molar-refractivity contribution in [2.45, 2.75) is 19.8 Å². The zero-order valence-corrected chi connectivity index (χ0v) is 15.4. The fourth-order valence-corrected chi connectivity index (χ4v) is 2.49. The molecule has 7 nitrogen and oxygen atoms in total. The largest absolute Gasteiger partial charge is 0.465 e. The van der Waals surface area contributed by atoms with Crippen molar-refractivity contribution in [3.63, 3.8) is 0 Å². The minimum absolute atomic E-state index is 0.320. The lowest BCUT2D eigenvalue weighted by Crippen LogP contribution is -2.04. The molecule has 0 radical (unpaired) electrons. The SMILES string of the molecule is COC(=O)c1cccc(Nc2nncc(Nc3ccc(C(C)C)cc3)n2)c1. The number of hydrogen-bond acceptors (Lipinski definition) is 7. The number of anilines is 4. The third-order valence-corrected chi connectivity index (χ3v) is 3.95. The van der Waals surface area contributed by atoms with Crippen LogP contribution >= 0.6 is 0 Å². The number of carbonyl (C=O) groups is 1. The Kier molecular flexibility index (Phi) is 5.61. The minimum Gasteiger partial charge on any atom is -0.465 e. The van der Waals surface area contributed by atoms with Gasteiger partial charge in [-0.2, -0.15) is 10.1 Å². The standard InChI is InChI=1S/C20H21N5O2/c1-13(2)14-7-9-16(10-8-14)22-18-12-21-25-20(24-18)23-17-6-4-5-15(11-17)19(26)27-3/h4-13H,1-3H3,(H2,22,23,24,25). The molecule has 3 aromatic rings. The van der Waals surface area contributed by atoms with Gasteiger partial charge in [0.2, 0.25) is 5.95 Å². The van der Waals surface area contributed by atoms with Crippen molar-refractivity contribution < 1.29 is 9.53 Å². The molecule has 1 aromatic heterocycles. The van der Waals surface area contributed by atoms with Crippen LogP contribution in [0.15, 0.2) is 54.7 Å². The molecule has 138 valence electrons. The highest BCUT2D eigenvalue weighted by Gasteiger charge is 2.07. The van der Waals surface area contributed by atoms with Crippen molar-refractivity contribution in [1.82, 2.24) is 15.2 Å². The zero-order chi connectivity index (χ0) is 19.2. The van der Waals surface area contributed by atoms with Crippen LogP contribution in [0.4, 0.5) is 23.1 Å².